The second-order valence-corrected chi connectivity index (χ2v) is 8.71. The Balaban J connectivity index is 1.11. The summed E-state index contributed by atoms with van der Waals surface area (Å²) < 4.78 is 1.73. The predicted octanol–water partition coefficient (Wildman–Crippen LogP) is 1.91. The van der Waals surface area contributed by atoms with E-state index in [0.717, 1.165) is 70.4 Å². The molecule has 7 nitrogen and oxygen atoms in total. The van der Waals surface area contributed by atoms with Crippen LogP contribution in [-0.2, 0) is 16.1 Å². The topological polar surface area (TPSA) is 65.9 Å². The van der Waals surface area contributed by atoms with Gasteiger partial charge in [0.15, 0.2) is 0 Å². The highest BCUT2D eigenvalue weighted by Gasteiger charge is 2.38. The van der Waals surface area contributed by atoms with Crippen molar-refractivity contribution in [2.24, 2.45) is 11.8 Å². The van der Waals surface area contributed by atoms with Gasteiger partial charge in [-0.2, -0.15) is 0 Å². The van der Waals surface area contributed by atoms with Gasteiger partial charge in [0.2, 0.25) is 11.8 Å². The first kappa shape index (κ1) is 17.8. The van der Waals surface area contributed by atoms with E-state index >= 15 is 0 Å². The van der Waals surface area contributed by atoms with Crippen molar-refractivity contribution >= 4 is 17.8 Å². The van der Waals surface area contributed by atoms with E-state index in [2.05, 4.69) is 0 Å². The fourth-order valence-corrected chi connectivity index (χ4v) is 4.99. The van der Waals surface area contributed by atoms with Gasteiger partial charge >= 0.3 is 6.03 Å². The molecule has 1 aromatic rings. The largest absolute Gasteiger partial charge is 0.342 e. The molecule has 150 valence electrons. The molecule has 0 atom stereocenters. The molecule has 0 radical (unpaired) electrons. The van der Waals surface area contributed by atoms with Crippen LogP contribution in [-0.4, -0.2) is 69.3 Å². The summed E-state index contributed by atoms with van der Waals surface area (Å²) in [5.41, 5.74) is 1.05. The molecule has 0 aromatic carbocycles. The molecule has 0 spiro atoms. The second-order valence-electron chi connectivity index (χ2n) is 8.71. The van der Waals surface area contributed by atoms with Crippen molar-refractivity contribution in [1.29, 1.82) is 0 Å². The van der Waals surface area contributed by atoms with Gasteiger partial charge in [0.25, 0.3) is 0 Å². The SMILES string of the molecule is O=C(C1CC1)N1CCC(C(=O)N2CCC(N3Cc4cccn4C3=O)CC2)CC1. The van der Waals surface area contributed by atoms with Gasteiger partial charge in [-0.3, -0.25) is 14.2 Å². The number of fused-ring (bicyclic) bond motifs is 1. The van der Waals surface area contributed by atoms with E-state index in [4.69, 9.17) is 0 Å². The van der Waals surface area contributed by atoms with Crippen molar-refractivity contribution in [3.63, 3.8) is 0 Å². The molecule has 0 bridgehead atoms. The molecule has 5 rings (SSSR count). The number of carbonyl (C=O) groups excluding carboxylic acids is 3. The Labute approximate surface area is 165 Å². The van der Waals surface area contributed by atoms with Crippen molar-refractivity contribution in [3.05, 3.63) is 24.0 Å². The van der Waals surface area contributed by atoms with Crippen LogP contribution in [0.4, 0.5) is 4.79 Å². The maximum absolute atomic E-state index is 12.9. The lowest BCUT2D eigenvalue weighted by Crippen LogP contribution is -2.50. The van der Waals surface area contributed by atoms with Gasteiger partial charge in [0.05, 0.1) is 6.54 Å². The molecule has 3 aliphatic heterocycles. The maximum Gasteiger partial charge on any atom is 0.329 e. The number of rotatable bonds is 3. The molecule has 4 heterocycles. The summed E-state index contributed by atoms with van der Waals surface area (Å²) in [6.45, 7) is 3.58. The molecule has 3 fully saturated rings. The van der Waals surface area contributed by atoms with Crippen LogP contribution in [0.25, 0.3) is 0 Å². The minimum absolute atomic E-state index is 0.0500. The monoisotopic (exact) mass is 384 g/mol. The molecule has 7 heteroatoms. The summed E-state index contributed by atoms with van der Waals surface area (Å²) in [6.07, 6.45) is 7.18. The lowest BCUT2D eigenvalue weighted by Gasteiger charge is -2.39. The Morgan fingerprint density at radius 2 is 1.39 bits per heavy atom. The molecule has 0 N–H and O–H groups in total. The quantitative estimate of drug-likeness (QED) is 0.800. The fraction of sp³-hybridized carbons (Fsp3) is 0.667. The van der Waals surface area contributed by atoms with Crippen molar-refractivity contribution in [3.8, 4) is 0 Å². The third-order valence-corrected chi connectivity index (χ3v) is 6.92. The molecular formula is C21H28N4O3. The van der Waals surface area contributed by atoms with Gasteiger partial charge in [0, 0.05) is 55.9 Å². The van der Waals surface area contributed by atoms with Crippen LogP contribution in [0, 0.1) is 11.8 Å². The minimum atomic E-state index is 0.0500. The van der Waals surface area contributed by atoms with Crippen LogP contribution >= 0.6 is 0 Å². The smallest absolute Gasteiger partial charge is 0.329 e. The summed E-state index contributed by atoms with van der Waals surface area (Å²) in [5, 5.41) is 0. The molecule has 1 aromatic heterocycles. The molecule has 3 amide bonds. The highest BCUT2D eigenvalue weighted by atomic mass is 16.2. The Kier molecular flexibility index (Phi) is 4.40. The standard InChI is InChI=1S/C21H28N4O3/c26-19(15-3-4-15)22-10-5-16(6-11-22)20(27)23-12-7-17(8-13-23)25-14-18-2-1-9-24(18)21(25)28/h1-2,9,15-17H,3-8,10-14H2. The highest BCUT2D eigenvalue weighted by molar-refractivity contribution is 5.83. The first-order valence-corrected chi connectivity index (χ1v) is 10.7. The van der Waals surface area contributed by atoms with Gasteiger partial charge in [0.1, 0.15) is 0 Å². The molecule has 2 saturated heterocycles. The number of amides is 3. The summed E-state index contributed by atoms with van der Waals surface area (Å²) in [7, 11) is 0. The Hall–Kier alpha value is -2.31. The van der Waals surface area contributed by atoms with Crippen molar-refractivity contribution < 1.29 is 14.4 Å². The van der Waals surface area contributed by atoms with E-state index in [0.29, 0.717) is 12.5 Å². The van der Waals surface area contributed by atoms with Gasteiger partial charge in [-0.15, -0.1) is 0 Å². The molecular weight excluding hydrogens is 356 g/mol. The van der Waals surface area contributed by atoms with Crippen molar-refractivity contribution in [1.82, 2.24) is 19.3 Å². The van der Waals surface area contributed by atoms with Crippen LogP contribution in [0.1, 0.15) is 44.2 Å². The molecule has 28 heavy (non-hydrogen) atoms. The molecule has 1 aliphatic carbocycles. The first-order chi connectivity index (χ1) is 13.6. The van der Waals surface area contributed by atoms with Crippen LogP contribution in [0.3, 0.4) is 0 Å². The predicted molar refractivity (Wildman–Crippen MR) is 102 cm³/mol. The zero-order valence-corrected chi connectivity index (χ0v) is 16.3. The minimum Gasteiger partial charge on any atom is -0.342 e. The van der Waals surface area contributed by atoms with E-state index in [1.807, 2.05) is 33.0 Å². The second kappa shape index (κ2) is 6.94. The summed E-state index contributed by atoms with van der Waals surface area (Å²) >= 11 is 0. The fourth-order valence-electron chi connectivity index (χ4n) is 4.99. The normalized spacial score (nSPS) is 24.0. The third-order valence-electron chi connectivity index (χ3n) is 6.92. The Morgan fingerprint density at radius 3 is 1.96 bits per heavy atom. The van der Waals surface area contributed by atoms with Crippen molar-refractivity contribution in [2.45, 2.75) is 51.1 Å². The number of nitrogens with zero attached hydrogens (tertiary/aromatic N) is 4. The third kappa shape index (κ3) is 3.10. The number of aromatic nitrogens is 1. The van der Waals surface area contributed by atoms with Gasteiger partial charge in [-0.1, -0.05) is 0 Å². The summed E-state index contributed by atoms with van der Waals surface area (Å²) in [5.74, 6) is 0.860. The average molecular weight is 384 g/mol. The van der Waals surface area contributed by atoms with Gasteiger partial charge in [-0.05, 0) is 50.7 Å². The van der Waals surface area contributed by atoms with Gasteiger partial charge in [-0.25, -0.2) is 4.79 Å². The maximum atomic E-state index is 12.9. The van der Waals surface area contributed by atoms with E-state index in [9.17, 15) is 14.4 Å². The van der Waals surface area contributed by atoms with Crippen LogP contribution in [0.15, 0.2) is 18.3 Å². The van der Waals surface area contributed by atoms with Gasteiger partial charge < -0.3 is 14.7 Å². The van der Waals surface area contributed by atoms with E-state index in [-0.39, 0.29) is 29.8 Å². The van der Waals surface area contributed by atoms with E-state index in [1.165, 1.54) is 0 Å². The number of piperidine rings is 2. The van der Waals surface area contributed by atoms with Crippen LogP contribution < -0.4 is 0 Å². The first-order valence-electron chi connectivity index (χ1n) is 10.7. The Bertz CT molecular complexity index is 783. The highest BCUT2D eigenvalue weighted by Crippen LogP contribution is 2.33. The molecule has 0 unspecified atom stereocenters. The van der Waals surface area contributed by atoms with E-state index < -0.39 is 0 Å². The lowest BCUT2D eigenvalue weighted by molar-refractivity contribution is -0.142. The van der Waals surface area contributed by atoms with Crippen molar-refractivity contribution in [2.75, 3.05) is 26.2 Å². The molecule has 4 aliphatic rings. The zero-order valence-electron chi connectivity index (χ0n) is 16.3. The van der Waals surface area contributed by atoms with Crippen LogP contribution in [0.2, 0.25) is 0 Å². The van der Waals surface area contributed by atoms with E-state index in [1.54, 1.807) is 4.57 Å². The lowest BCUT2D eigenvalue weighted by atomic mass is 9.93. The number of carbonyl (C=O) groups is 3. The van der Waals surface area contributed by atoms with Crippen LogP contribution in [0.5, 0.6) is 0 Å². The average Bonchev–Trinajstić information content (AvgIpc) is 3.40. The number of hydrogen-bond acceptors (Lipinski definition) is 3. The number of hydrogen-bond donors (Lipinski definition) is 0. The molecule has 1 saturated carbocycles. The summed E-state index contributed by atoms with van der Waals surface area (Å²) in [4.78, 5) is 43.6. The zero-order chi connectivity index (χ0) is 19.3. The summed E-state index contributed by atoms with van der Waals surface area (Å²) in [6, 6.07) is 4.19. The Morgan fingerprint density at radius 1 is 0.821 bits per heavy atom. The number of likely N-dealkylation sites (tertiary alicyclic amines) is 2.